The molecule has 29 heavy (non-hydrogen) atoms. The number of ether oxygens (including phenoxy) is 1. The lowest BCUT2D eigenvalue weighted by molar-refractivity contribution is 0.0682. The first-order valence-electron chi connectivity index (χ1n) is 9.77. The van der Waals surface area contributed by atoms with Crippen LogP contribution >= 0.6 is 0 Å². The fraction of sp³-hybridized carbons (Fsp3) is 0.318. The Bertz CT molecular complexity index is 1050. The van der Waals surface area contributed by atoms with Gasteiger partial charge in [0.2, 0.25) is 0 Å². The molecule has 1 aromatic carbocycles. The zero-order chi connectivity index (χ0) is 20.0. The van der Waals surface area contributed by atoms with E-state index >= 15 is 0 Å². The van der Waals surface area contributed by atoms with Crippen molar-refractivity contribution in [2.75, 3.05) is 20.1 Å². The average Bonchev–Trinajstić information content (AvgIpc) is 3.31. The number of rotatable bonds is 3. The van der Waals surface area contributed by atoms with Gasteiger partial charge in [0.25, 0.3) is 5.91 Å². The maximum absolute atomic E-state index is 13.1. The van der Waals surface area contributed by atoms with Crippen LogP contribution in [0.5, 0.6) is 5.75 Å². The van der Waals surface area contributed by atoms with Gasteiger partial charge in [0.05, 0.1) is 18.2 Å². The number of likely N-dealkylation sites (tertiary alicyclic amines) is 1. The van der Waals surface area contributed by atoms with Gasteiger partial charge in [-0.3, -0.25) is 14.7 Å². The first kappa shape index (κ1) is 17.9. The highest BCUT2D eigenvalue weighted by atomic mass is 16.5. The van der Waals surface area contributed by atoms with Gasteiger partial charge in [-0.05, 0) is 23.8 Å². The van der Waals surface area contributed by atoms with Crippen LogP contribution in [0, 0.1) is 0 Å². The molecule has 2 aliphatic heterocycles. The van der Waals surface area contributed by atoms with Gasteiger partial charge < -0.3 is 14.2 Å². The van der Waals surface area contributed by atoms with Crippen molar-refractivity contribution in [2.45, 2.75) is 18.7 Å². The van der Waals surface area contributed by atoms with Crippen LogP contribution in [0.25, 0.3) is 11.1 Å². The van der Waals surface area contributed by atoms with Gasteiger partial charge in [0.1, 0.15) is 17.7 Å². The SMILES string of the molecule is CN1C(=O)c2ccc(-c3cccnc3)cc2O[C@H]2CN(Cc3nccn3C)C[C@H]21. The predicted octanol–water partition coefficient (Wildman–Crippen LogP) is 2.20. The summed E-state index contributed by atoms with van der Waals surface area (Å²) in [5, 5.41) is 0. The van der Waals surface area contributed by atoms with Crippen LogP contribution < -0.4 is 4.74 Å². The molecule has 5 rings (SSSR count). The molecule has 1 saturated heterocycles. The van der Waals surface area contributed by atoms with Crippen LogP contribution in [-0.2, 0) is 13.6 Å². The van der Waals surface area contributed by atoms with E-state index in [0.29, 0.717) is 11.3 Å². The summed E-state index contributed by atoms with van der Waals surface area (Å²) in [6.45, 7) is 2.26. The zero-order valence-corrected chi connectivity index (χ0v) is 16.5. The summed E-state index contributed by atoms with van der Waals surface area (Å²) in [5.41, 5.74) is 2.61. The van der Waals surface area contributed by atoms with Gasteiger partial charge in [-0.25, -0.2) is 4.98 Å². The zero-order valence-electron chi connectivity index (χ0n) is 16.5. The first-order valence-corrected chi connectivity index (χ1v) is 9.77. The topological polar surface area (TPSA) is 63.5 Å². The number of hydrogen-bond donors (Lipinski definition) is 0. The Kier molecular flexibility index (Phi) is 4.32. The van der Waals surface area contributed by atoms with E-state index in [0.717, 1.165) is 36.6 Å². The van der Waals surface area contributed by atoms with Crippen LogP contribution in [0.2, 0.25) is 0 Å². The number of carbonyl (C=O) groups excluding carboxylic acids is 1. The number of aromatic nitrogens is 3. The molecule has 1 fully saturated rings. The van der Waals surface area contributed by atoms with E-state index in [-0.39, 0.29) is 18.1 Å². The Balaban J connectivity index is 1.43. The lowest BCUT2D eigenvalue weighted by Crippen LogP contribution is -2.44. The minimum Gasteiger partial charge on any atom is -0.486 e. The number of pyridine rings is 1. The van der Waals surface area contributed by atoms with Gasteiger partial charge in [-0.15, -0.1) is 0 Å². The molecule has 0 N–H and O–H groups in total. The third-order valence-electron chi connectivity index (χ3n) is 5.90. The Morgan fingerprint density at radius 3 is 2.79 bits per heavy atom. The van der Waals surface area contributed by atoms with Crippen molar-refractivity contribution in [1.82, 2.24) is 24.3 Å². The molecule has 4 heterocycles. The summed E-state index contributed by atoms with van der Waals surface area (Å²) in [6.07, 6.45) is 7.26. The molecule has 148 valence electrons. The molecular formula is C22H23N5O2. The number of carbonyl (C=O) groups is 1. The second-order valence-electron chi connectivity index (χ2n) is 7.74. The van der Waals surface area contributed by atoms with Crippen LogP contribution in [-0.4, -0.2) is 62.5 Å². The largest absolute Gasteiger partial charge is 0.486 e. The molecule has 0 spiro atoms. The van der Waals surface area contributed by atoms with Crippen LogP contribution in [0.4, 0.5) is 0 Å². The van der Waals surface area contributed by atoms with Gasteiger partial charge in [-0.1, -0.05) is 12.1 Å². The second-order valence-corrected chi connectivity index (χ2v) is 7.74. The molecular weight excluding hydrogens is 366 g/mol. The van der Waals surface area contributed by atoms with Crippen LogP contribution in [0.15, 0.2) is 55.1 Å². The lowest BCUT2D eigenvalue weighted by atomic mass is 10.0. The highest BCUT2D eigenvalue weighted by Gasteiger charge is 2.42. The third kappa shape index (κ3) is 3.17. The number of fused-ring (bicyclic) bond motifs is 2. The Labute approximate surface area is 169 Å². The minimum absolute atomic E-state index is 0.00378. The maximum Gasteiger partial charge on any atom is 0.257 e. The van der Waals surface area contributed by atoms with Crippen molar-refractivity contribution < 1.29 is 9.53 Å². The summed E-state index contributed by atoms with van der Waals surface area (Å²) in [7, 11) is 3.87. The van der Waals surface area contributed by atoms with Crippen molar-refractivity contribution in [3.63, 3.8) is 0 Å². The summed E-state index contributed by atoms with van der Waals surface area (Å²) >= 11 is 0. The molecule has 0 bridgehead atoms. The molecule has 0 aliphatic carbocycles. The predicted molar refractivity (Wildman–Crippen MR) is 108 cm³/mol. The number of amides is 1. The van der Waals surface area contributed by atoms with Crippen molar-refractivity contribution in [2.24, 2.45) is 7.05 Å². The van der Waals surface area contributed by atoms with Crippen molar-refractivity contribution >= 4 is 5.91 Å². The second kappa shape index (κ2) is 7.00. The molecule has 0 radical (unpaired) electrons. The van der Waals surface area contributed by atoms with E-state index in [1.54, 1.807) is 6.20 Å². The quantitative estimate of drug-likeness (QED) is 0.687. The Morgan fingerprint density at radius 1 is 1.14 bits per heavy atom. The molecule has 3 aromatic rings. The summed E-state index contributed by atoms with van der Waals surface area (Å²) in [4.78, 5) is 25.9. The van der Waals surface area contributed by atoms with Gasteiger partial charge in [0, 0.05) is 57.5 Å². The molecule has 0 saturated carbocycles. The van der Waals surface area contributed by atoms with E-state index in [1.807, 2.05) is 72.5 Å². The average molecular weight is 389 g/mol. The lowest BCUT2D eigenvalue weighted by Gasteiger charge is -2.25. The van der Waals surface area contributed by atoms with E-state index in [9.17, 15) is 4.79 Å². The molecule has 7 nitrogen and oxygen atoms in total. The van der Waals surface area contributed by atoms with Crippen molar-refractivity contribution in [1.29, 1.82) is 0 Å². The fourth-order valence-electron chi connectivity index (χ4n) is 4.21. The maximum atomic E-state index is 13.1. The summed E-state index contributed by atoms with van der Waals surface area (Å²) in [5.74, 6) is 1.66. The molecule has 2 aliphatic rings. The van der Waals surface area contributed by atoms with E-state index in [2.05, 4.69) is 14.9 Å². The number of hydrogen-bond acceptors (Lipinski definition) is 5. The van der Waals surface area contributed by atoms with Crippen LogP contribution in [0.1, 0.15) is 16.2 Å². The molecule has 2 atom stereocenters. The fourth-order valence-corrected chi connectivity index (χ4v) is 4.21. The number of benzene rings is 1. The first-order chi connectivity index (χ1) is 14.1. The summed E-state index contributed by atoms with van der Waals surface area (Å²) < 4.78 is 8.44. The standard InChI is InChI=1S/C22H23N5O2/c1-25-9-8-24-21(25)14-27-12-18-20(13-27)29-19-10-15(16-4-3-7-23-11-16)5-6-17(19)22(28)26(18)2/h3-11,18,20H,12-14H2,1-2H3/t18-,20+/m1/s1. The number of imidazole rings is 1. The molecule has 7 heteroatoms. The van der Waals surface area contributed by atoms with E-state index < -0.39 is 0 Å². The highest BCUT2D eigenvalue weighted by molar-refractivity contribution is 5.98. The smallest absolute Gasteiger partial charge is 0.257 e. The highest BCUT2D eigenvalue weighted by Crippen LogP contribution is 2.34. The number of aryl methyl sites for hydroxylation is 1. The van der Waals surface area contributed by atoms with E-state index in [4.69, 9.17) is 4.74 Å². The van der Waals surface area contributed by atoms with Gasteiger partial charge in [-0.2, -0.15) is 0 Å². The third-order valence-corrected chi connectivity index (χ3v) is 5.90. The van der Waals surface area contributed by atoms with Gasteiger partial charge in [0.15, 0.2) is 0 Å². The van der Waals surface area contributed by atoms with Gasteiger partial charge >= 0.3 is 0 Å². The Hall–Kier alpha value is -3.19. The van der Waals surface area contributed by atoms with Crippen molar-refractivity contribution in [3.05, 3.63) is 66.5 Å². The number of likely N-dealkylation sites (N-methyl/N-ethyl adjacent to an activating group) is 1. The molecule has 2 aromatic heterocycles. The normalized spacial score (nSPS) is 21.4. The molecule has 1 amide bonds. The Morgan fingerprint density at radius 2 is 2.03 bits per heavy atom. The van der Waals surface area contributed by atoms with Crippen LogP contribution in [0.3, 0.4) is 0 Å². The monoisotopic (exact) mass is 389 g/mol. The van der Waals surface area contributed by atoms with Crippen molar-refractivity contribution in [3.8, 4) is 16.9 Å². The number of nitrogens with zero attached hydrogens (tertiary/aromatic N) is 5. The molecule has 0 unspecified atom stereocenters. The minimum atomic E-state index is -0.0744. The summed E-state index contributed by atoms with van der Waals surface area (Å²) in [6, 6.07) is 9.71. The van der Waals surface area contributed by atoms with E-state index in [1.165, 1.54) is 0 Å².